The van der Waals surface area contributed by atoms with Crippen molar-refractivity contribution in [3.8, 4) is 0 Å². The lowest BCUT2D eigenvalue weighted by Crippen LogP contribution is -2.10. The van der Waals surface area contributed by atoms with Gasteiger partial charge in [-0.15, -0.1) is 0 Å². The number of hydrogen-bond donors (Lipinski definition) is 1. The quantitative estimate of drug-likeness (QED) is 0.706. The topological polar surface area (TPSA) is 32.9 Å². The van der Waals surface area contributed by atoms with E-state index in [-0.39, 0.29) is 5.56 Å². The van der Waals surface area contributed by atoms with E-state index in [1.165, 1.54) is 12.8 Å². The van der Waals surface area contributed by atoms with E-state index in [0.717, 1.165) is 11.1 Å². The van der Waals surface area contributed by atoms with Crippen molar-refractivity contribution >= 4 is 6.08 Å². The lowest BCUT2D eigenvalue weighted by Gasteiger charge is -2.00. The third-order valence-electron chi connectivity index (χ3n) is 2.25. The molecule has 0 bridgehead atoms. The van der Waals surface area contributed by atoms with Crippen LogP contribution in [0.2, 0.25) is 0 Å². The van der Waals surface area contributed by atoms with Crippen molar-refractivity contribution in [3.63, 3.8) is 0 Å². The first-order chi connectivity index (χ1) is 5.83. The van der Waals surface area contributed by atoms with Crippen LogP contribution in [0.3, 0.4) is 0 Å². The summed E-state index contributed by atoms with van der Waals surface area (Å²) in [6.07, 6.45) is 5.78. The average molecular weight is 161 g/mol. The highest BCUT2D eigenvalue weighted by Gasteiger charge is 2.25. The van der Waals surface area contributed by atoms with Crippen molar-refractivity contribution in [1.82, 2.24) is 4.98 Å². The molecule has 1 N–H and O–H groups in total. The zero-order valence-electron chi connectivity index (χ0n) is 6.84. The van der Waals surface area contributed by atoms with Gasteiger partial charge in [0.05, 0.1) is 0 Å². The van der Waals surface area contributed by atoms with E-state index in [1.807, 2.05) is 6.07 Å². The second-order valence-corrected chi connectivity index (χ2v) is 3.15. The second-order valence-electron chi connectivity index (χ2n) is 3.15. The Bertz CT molecular complexity index is 360. The maximum atomic E-state index is 11.3. The molecule has 1 aliphatic carbocycles. The number of aromatic nitrogens is 1. The molecule has 1 aromatic heterocycles. The summed E-state index contributed by atoms with van der Waals surface area (Å²) in [5, 5.41) is 0. The monoisotopic (exact) mass is 161 g/mol. The highest BCUT2D eigenvalue weighted by atomic mass is 16.1. The highest BCUT2D eigenvalue weighted by molar-refractivity contribution is 5.52. The van der Waals surface area contributed by atoms with E-state index in [9.17, 15) is 4.79 Å². The number of hydrogen-bond acceptors (Lipinski definition) is 1. The standard InChI is InChI=1S/C10H11NO/c1-2-8-9(7-3-4-7)5-6-11-10(8)12/h2,5-7H,1,3-4H2,(H,11,12). The van der Waals surface area contributed by atoms with E-state index < -0.39 is 0 Å². The molecule has 0 aromatic carbocycles. The molecule has 1 aliphatic rings. The summed E-state index contributed by atoms with van der Waals surface area (Å²) in [5.41, 5.74) is 1.89. The molecule has 1 heterocycles. The van der Waals surface area contributed by atoms with Crippen LogP contribution < -0.4 is 5.56 Å². The van der Waals surface area contributed by atoms with Crippen LogP contribution in [0.25, 0.3) is 6.08 Å². The van der Waals surface area contributed by atoms with Gasteiger partial charge < -0.3 is 4.98 Å². The third kappa shape index (κ3) is 1.09. The minimum Gasteiger partial charge on any atom is -0.329 e. The van der Waals surface area contributed by atoms with Gasteiger partial charge in [-0.3, -0.25) is 4.79 Å². The molecule has 0 radical (unpaired) electrons. The molecule has 0 spiro atoms. The molecule has 12 heavy (non-hydrogen) atoms. The summed E-state index contributed by atoms with van der Waals surface area (Å²) in [6.45, 7) is 3.64. The summed E-state index contributed by atoms with van der Waals surface area (Å²) >= 11 is 0. The highest BCUT2D eigenvalue weighted by Crippen LogP contribution is 2.40. The zero-order valence-corrected chi connectivity index (χ0v) is 6.84. The van der Waals surface area contributed by atoms with E-state index in [4.69, 9.17) is 0 Å². The van der Waals surface area contributed by atoms with Gasteiger partial charge >= 0.3 is 0 Å². The molecule has 0 aliphatic heterocycles. The van der Waals surface area contributed by atoms with E-state index in [2.05, 4.69) is 11.6 Å². The predicted octanol–water partition coefficient (Wildman–Crippen LogP) is 1.90. The molecule has 1 aromatic rings. The Morgan fingerprint density at radius 1 is 1.58 bits per heavy atom. The molecule has 62 valence electrons. The molecule has 0 amide bonds. The fourth-order valence-corrected chi connectivity index (χ4v) is 1.47. The minimum absolute atomic E-state index is 0.0191. The normalized spacial score (nSPS) is 16.0. The van der Waals surface area contributed by atoms with Gasteiger partial charge in [0.15, 0.2) is 0 Å². The Balaban J connectivity index is 2.58. The van der Waals surface area contributed by atoms with Crippen molar-refractivity contribution in [2.24, 2.45) is 0 Å². The van der Waals surface area contributed by atoms with Crippen LogP contribution in [-0.4, -0.2) is 4.98 Å². The Labute approximate surface area is 70.9 Å². The maximum Gasteiger partial charge on any atom is 0.255 e. The summed E-state index contributed by atoms with van der Waals surface area (Å²) in [6, 6.07) is 1.98. The largest absolute Gasteiger partial charge is 0.329 e. The zero-order chi connectivity index (χ0) is 8.55. The second kappa shape index (κ2) is 2.63. The first-order valence-electron chi connectivity index (χ1n) is 4.17. The van der Waals surface area contributed by atoms with Gasteiger partial charge in [-0.2, -0.15) is 0 Å². The number of pyridine rings is 1. The summed E-state index contributed by atoms with van der Waals surface area (Å²) in [5.74, 6) is 0.611. The van der Waals surface area contributed by atoms with Crippen molar-refractivity contribution in [3.05, 3.63) is 40.3 Å². The SMILES string of the molecule is C=Cc1c(C2CC2)cc[nH]c1=O. The van der Waals surface area contributed by atoms with Crippen LogP contribution in [0.4, 0.5) is 0 Å². The summed E-state index contributed by atoms with van der Waals surface area (Å²) in [7, 11) is 0. The Kier molecular flexibility index (Phi) is 1.61. The Hall–Kier alpha value is -1.31. The summed E-state index contributed by atoms with van der Waals surface area (Å²) in [4.78, 5) is 13.9. The Morgan fingerprint density at radius 3 is 2.92 bits per heavy atom. The fourth-order valence-electron chi connectivity index (χ4n) is 1.47. The number of aromatic amines is 1. The molecule has 0 unspecified atom stereocenters. The van der Waals surface area contributed by atoms with E-state index in [0.29, 0.717) is 5.92 Å². The van der Waals surface area contributed by atoms with Crippen LogP contribution in [0, 0.1) is 0 Å². The molecule has 2 nitrogen and oxygen atoms in total. The molecule has 0 atom stereocenters. The van der Waals surface area contributed by atoms with Crippen molar-refractivity contribution < 1.29 is 0 Å². The first-order valence-corrected chi connectivity index (χ1v) is 4.17. The van der Waals surface area contributed by atoms with Crippen LogP contribution >= 0.6 is 0 Å². The van der Waals surface area contributed by atoms with Gasteiger partial charge in [-0.1, -0.05) is 12.7 Å². The lowest BCUT2D eigenvalue weighted by atomic mass is 10.1. The van der Waals surface area contributed by atoms with Crippen LogP contribution in [-0.2, 0) is 0 Å². The van der Waals surface area contributed by atoms with Gasteiger partial charge in [-0.25, -0.2) is 0 Å². The maximum absolute atomic E-state index is 11.3. The molecule has 1 saturated carbocycles. The third-order valence-corrected chi connectivity index (χ3v) is 2.25. The van der Waals surface area contributed by atoms with E-state index >= 15 is 0 Å². The fraction of sp³-hybridized carbons (Fsp3) is 0.300. The lowest BCUT2D eigenvalue weighted by molar-refractivity contribution is 1.08. The van der Waals surface area contributed by atoms with Crippen LogP contribution in [0.15, 0.2) is 23.6 Å². The minimum atomic E-state index is -0.0191. The van der Waals surface area contributed by atoms with Gasteiger partial charge in [0.2, 0.25) is 0 Å². The van der Waals surface area contributed by atoms with Crippen molar-refractivity contribution in [2.75, 3.05) is 0 Å². The van der Waals surface area contributed by atoms with Gasteiger partial charge in [0.25, 0.3) is 5.56 Å². The first kappa shape index (κ1) is 7.35. The molecular formula is C10H11NO. The summed E-state index contributed by atoms with van der Waals surface area (Å²) < 4.78 is 0. The predicted molar refractivity (Wildman–Crippen MR) is 49.1 cm³/mol. The average Bonchev–Trinajstić information content (AvgIpc) is 2.86. The molecular weight excluding hydrogens is 150 g/mol. The van der Waals surface area contributed by atoms with Crippen molar-refractivity contribution in [1.29, 1.82) is 0 Å². The smallest absolute Gasteiger partial charge is 0.255 e. The number of H-pyrrole nitrogens is 1. The van der Waals surface area contributed by atoms with Crippen LogP contribution in [0.1, 0.15) is 29.9 Å². The van der Waals surface area contributed by atoms with Crippen LogP contribution in [0.5, 0.6) is 0 Å². The van der Waals surface area contributed by atoms with Gasteiger partial charge in [0.1, 0.15) is 0 Å². The molecule has 2 heteroatoms. The number of nitrogens with one attached hydrogen (secondary N) is 1. The van der Waals surface area contributed by atoms with Gasteiger partial charge in [-0.05, 0) is 30.4 Å². The molecule has 1 fully saturated rings. The Morgan fingerprint density at radius 2 is 2.33 bits per heavy atom. The molecule has 0 saturated heterocycles. The van der Waals surface area contributed by atoms with E-state index in [1.54, 1.807) is 12.3 Å². The van der Waals surface area contributed by atoms with Gasteiger partial charge in [0, 0.05) is 11.8 Å². The molecule has 2 rings (SSSR count). The van der Waals surface area contributed by atoms with Crippen molar-refractivity contribution in [2.45, 2.75) is 18.8 Å². The number of rotatable bonds is 2.